The Bertz CT molecular complexity index is 1310. The summed E-state index contributed by atoms with van der Waals surface area (Å²) >= 11 is 0. The second-order valence-corrected chi connectivity index (χ2v) is 10.1. The minimum Gasteiger partial charge on any atom is -0.365 e. The van der Waals surface area contributed by atoms with Crippen LogP contribution >= 0.6 is 0 Å². The number of anilines is 2. The molecule has 3 aromatic carbocycles. The largest absolute Gasteiger partial charge is 0.365 e. The molecule has 2 heterocycles. The third-order valence-electron chi connectivity index (χ3n) is 6.48. The summed E-state index contributed by atoms with van der Waals surface area (Å²) in [6.07, 6.45) is 2.53. The van der Waals surface area contributed by atoms with Crippen molar-refractivity contribution in [2.75, 3.05) is 16.8 Å². The van der Waals surface area contributed by atoms with Gasteiger partial charge in [0.05, 0.1) is 23.4 Å². The molecule has 0 spiro atoms. The summed E-state index contributed by atoms with van der Waals surface area (Å²) in [6.45, 7) is 8.26. The molecule has 0 fully saturated rings. The Morgan fingerprint density at radius 3 is 2.71 bits per heavy atom. The summed E-state index contributed by atoms with van der Waals surface area (Å²) in [5, 5.41) is 14.2. The molecule has 2 amide bonds. The minimum atomic E-state index is -0.200. The number of rotatable bonds is 4. The van der Waals surface area contributed by atoms with Crippen molar-refractivity contribution in [1.29, 1.82) is 0 Å². The van der Waals surface area contributed by atoms with Crippen LogP contribution in [0.4, 0.5) is 16.2 Å². The predicted octanol–water partition coefficient (Wildman–Crippen LogP) is 5.61. The van der Waals surface area contributed by atoms with Gasteiger partial charge in [-0.3, -0.25) is 5.10 Å². The molecule has 0 saturated carbocycles. The monoisotopic (exact) mass is 453 g/mol. The van der Waals surface area contributed by atoms with Gasteiger partial charge in [0.1, 0.15) is 0 Å². The second-order valence-electron chi connectivity index (χ2n) is 10.1. The van der Waals surface area contributed by atoms with Gasteiger partial charge < -0.3 is 15.5 Å². The highest BCUT2D eigenvalue weighted by Crippen LogP contribution is 2.33. The molecule has 174 valence electrons. The molecule has 4 aromatic rings. The molecule has 0 saturated heterocycles. The predicted molar refractivity (Wildman–Crippen MR) is 138 cm³/mol. The highest BCUT2D eigenvalue weighted by atomic mass is 16.2. The second kappa shape index (κ2) is 8.86. The van der Waals surface area contributed by atoms with Crippen LogP contribution in [0.15, 0.2) is 72.9 Å². The van der Waals surface area contributed by atoms with Crippen molar-refractivity contribution in [3.63, 3.8) is 0 Å². The van der Waals surface area contributed by atoms with Gasteiger partial charge >= 0.3 is 6.03 Å². The lowest BCUT2D eigenvalue weighted by Gasteiger charge is -2.37. The Morgan fingerprint density at radius 2 is 1.91 bits per heavy atom. The molecule has 6 heteroatoms. The topological polar surface area (TPSA) is 73.0 Å². The average molecular weight is 454 g/mol. The van der Waals surface area contributed by atoms with E-state index in [0.717, 1.165) is 36.1 Å². The normalized spacial score (nSPS) is 15.7. The van der Waals surface area contributed by atoms with E-state index in [1.165, 1.54) is 22.4 Å². The van der Waals surface area contributed by atoms with Crippen LogP contribution in [0.25, 0.3) is 10.9 Å². The molecule has 1 aliphatic rings. The van der Waals surface area contributed by atoms with Crippen LogP contribution < -0.4 is 15.5 Å². The summed E-state index contributed by atoms with van der Waals surface area (Å²) < 4.78 is 0. The number of benzene rings is 3. The van der Waals surface area contributed by atoms with Crippen molar-refractivity contribution < 1.29 is 4.79 Å². The molecule has 5 rings (SSSR count). The molecule has 1 aliphatic heterocycles. The van der Waals surface area contributed by atoms with E-state index in [1.54, 1.807) is 6.20 Å². The van der Waals surface area contributed by atoms with Crippen LogP contribution in [0.5, 0.6) is 0 Å². The third kappa shape index (κ3) is 4.62. The van der Waals surface area contributed by atoms with Gasteiger partial charge in [-0.1, -0.05) is 69.3 Å². The number of H-pyrrole nitrogens is 1. The molecule has 0 radical (unpaired) electrons. The number of aromatic amines is 1. The van der Waals surface area contributed by atoms with Gasteiger partial charge in [0.2, 0.25) is 0 Å². The lowest BCUT2D eigenvalue weighted by Crippen LogP contribution is -2.49. The SMILES string of the molecule is CC(C)(C)c1ccc2c(c1)CC(NC(=O)Nc1cccc3[nH]ncc13)CN2Cc1ccccc1. The molecule has 1 unspecified atom stereocenters. The molecule has 0 bridgehead atoms. The Kier molecular flexibility index (Phi) is 5.74. The summed E-state index contributed by atoms with van der Waals surface area (Å²) in [5.41, 5.74) is 6.80. The maximum Gasteiger partial charge on any atom is 0.319 e. The van der Waals surface area contributed by atoms with E-state index in [2.05, 4.69) is 89.0 Å². The Morgan fingerprint density at radius 1 is 1.09 bits per heavy atom. The number of carbonyl (C=O) groups is 1. The van der Waals surface area contributed by atoms with Crippen molar-refractivity contribution >= 4 is 28.3 Å². The van der Waals surface area contributed by atoms with Gasteiger partial charge in [0, 0.05) is 24.2 Å². The molecule has 3 N–H and O–H groups in total. The number of carbonyl (C=O) groups excluding carboxylic acids is 1. The minimum absolute atomic E-state index is 0.00464. The van der Waals surface area contributed by atoms with Crippen molar-refractivity contribution in [1.82, 2.24) is 15.5 Å². The highest BCUT2D eigenvalue weighted by Gasteiger charge is 2.27. The van der Waals surface area contributed by atoms with E-state index in [9.17, 15) is 4.79 Å². The molecular formula is C28H31N5O. The van der Waals surface area contributed by atoms with Crippen molar-refractivity contribution in [3.8, 4) is 0 Å². The summed E-state index contributed by atoms with van der Waals surface area (Å²) in [6, 6.07) is 22.8. The highest BCUT2D eigenvalue weighted by molar-refractivity contribution is 6.00. The number of fused-ring (bicyclic) bond motifs is 2. The van der Waals surface area contributed by atoms with Gasteiger partial charge in [-0.2, -0.15) is 5.10 Å². The number of amides is 2. The number of hydrogen-bond acceptors (Lipinski definition) is 3. The quantitative estimate of drug-likeness (QED) is 0.376. The van der Waals surface area contributed by atoms with Gasteiger partial charge in [-0.15, -0.1) is 0 Å². The smallest absolute Gasteiger partial charge is 0.319 e. The summed E-state index contributed by atoms with van der Waals surface area (Å²) in [4.78, 5) is 15.4. The molecule has 1 aromatic heterocycles. The molecule has 34 heavy (non-hydrogen) atoms. The third-order valence-corrected chi connectivity index (χ3v) is 6.48. The van der Waals surface area contributed by atoms with Crippen LogP contribution in [-0.2, 0) is 18.4 Å². The average Bonchev–Trinajstić information content (AvgIpc) is 3.29. The zero-order valence-corrected chi connectivity index (χ0v) is 19.9. The lowest BCUT2D eigenvalue weighted by atomic mass is 9.84. The van der Waals surface area contributed by atoms with Crippen LogP contribution in [0, 0.1) is 0 Å². The Balaban J connectivity index is 1.38. The number of nitrogens with zero attached hydrogens (tertiary/aromatic N) is 2. The van der Waals surface area contributed by atoms with Gasteiger partial charge in [0.25, 0.3) is 0 Å². The molecular weight excluding hydrogens is 422 g/mol. The molecule has 6 nitrogen and oxygen atoms in total. The fraction of sp³-hybridized carbons (Fsp3) is 0.286. The van der Waals surface area contributed by atoms with E-state index in [0.29, 0.717) is 0 Å². The van der Waals surface area contributed by atoms with Gasteiger partial charge in [-0.05, 0) is 46.7 Å². The standard InChI is InChI=1S/C28H31N5O/c1-28(2,3)21-12-13-26-20(14-21)15-22(18-33(26)17-19-8-5-4-6-9-19)30-27(34)31-24-10-7-11-25-23(24)16-29-32-25/h4-14,16,22H,15,17-18H2,1-3H3,(H,29,32)(H2,30,31,34). The maximum absolute atomic E-state index is 13.0. The van der Waals surface area contributed by atoms with Crippen molar-refractivity contribution in [2.24, 2.45) is 0 Å². The van der Waals surface area contributed by atoms with E-state index in [4.69, 9.17) is 0 Å². The Hall–Kier alpha value is -3.80. The lowest BCUT2D eigenvalue weighted by molar-refractivity contribution is 0.248. The zero-order chi connectivity index (χ0) is 23.7. The zero-order valence-electron chi connectivity index (χ0n) is 19.9. The first-order chi connectivity index (χ1) is 16.4. The molecule has 1 atom stereocenters. The van der Waals surface area contributed by atoms with Crippen LogP contribution in [0.2, 0.25) is 0 Å². The first kappa shape index (κ1) is 22.0. The fourth-order valence-corrected chi connectivity index (χ4v) is 4.69. The first-order valence-corrected chi connectivity index (χ1v) is 11.8. The van der Waals surface area contributed by atoms with Crippen LogP contribution in [-0.4, -0.2) is 28.8 Å². The van der Waals surface area contributed by atoms with Gasteiger partial charge in [-0.25, -0.2) is 4.79 Å². The number of urea groups is 1. The summed E-state index contributed by atoms with van der Waals surface area (Å²) in [5.74, 6) is 0. The van der Waals surface area contributed by atoms with Crippen molar-refractivity contribution in [2.45, 2.75) is 45.2 Å². The fourth-order valence-electron chi connectivity index (χ4n) is 4.69. The van der Waals surface area contributed by atoms with E-state index in [1.807, 2.05) is 24.3 Å². The number of nitrogens with one attached hydrogen (secondary N) is 3. The van der Waals surface area contributed by atoms with Crippen LogP contribution in [0.3, 0.4) is 0 Å². The van der Waals surface area contributed by atoms with E-state index in [-0.39, 0.29) is 17.5 Å². The van der Waals surface area contributed by atoms with Gasteiger partial charge in [0.15, 0.2) is 0 Å². The van der Waals surface area contributed by atoms with Crippen LogP contribution in [0.1, 0.15) is 37.5 Å². The number of hydrogen-bond donors (Lipinski definition) is 3. The van der Waals surface area contributed by atoms with E-state index >= 15 is 0 Å². The first-order valence-electron chi connectivity index (χ1n) is 11.8. The maximum atomic E-state index is 13.0. The number of aromatic nitrogens is 2. The van der Waals surface area contributed by atoms with E-state index < -0.39 is 0 Å². The molecule has 0 aliphatic carbocycles. The van der Waals surface area contributed by atoms with Crippen molar-refractivity contribution in [3.05, 3.63) is 89.6 Å². The summed E-state index contributed by atoms with van der Waals surface area (Å²) in [7, 11) is 0. The Labute approximate surface area is 200 Å².